The SMILES string of the molecule is COC(=O)c1ccc(CN(CCC(c2ccccc2)N2CCN(C)CC2)S(=O)[O-])c(F)c1. The quantitative estimate of drug-likeness (QED) is 0.421. The van der Waals surface area contributed by atoms with Crippen molar-refractivity contribution in [2.24, 2.45) is 0 Å². The highest BCUT2D eigenvalue weighted by molar-refractivity contribution is 7.76. The molecule has 1 fully saturated rings. The molecule has 0 aromatic heterocycles. The first-order chi connectivity index (χ1) is 15.4. The summed E-state index contributed by atoms with van der Waals surface area (Å²) in [6.07, 6.45) is 0.587. The molecule has 2 atom stereocenters. The van der Waals surface area contributed by atoms with Crippen LogP contribution in [0.2, 0.25) is 0 Å². The zero-order chi connectivity index (χ0) is 23.1. The third-order valence-electron chi connectivity index (χ3n) is 5.85. The first-order valence-electron chi connectivity index (χ1n) is 10.6. The van der Waals surface area contributed by atoms with Crippen LogP contribution in [0.5, 0.6) is 0 Å². The van der Waals surface area contributed by atoms with Gasteiger partial charge in [-0.3, -0.25) is 9.11 Å². The largest absolute Gasteiger partial charge is 0.760 e. The topological polar surface area (TPSA) is 76.2 Å². The average molecular weight is 463 g/mol. The van der Waals surface area contributed by atoms with Crippen molar-refractivity contribution in [2.45, 2.75) is 19.0 Å². The van der Waals surface area contributed by atoms with Gasteiger partial charge in [0.1, 0.15) is 5.82 Å². The van der Waals surface area contributed by atoms with E-state index in [2.05, 4.69) is 33.7 Å². The van der Waals surface area contributed by atoms with E-state index in [-0.39, 0.29) is 30.3 Å². The molecule has 0 radical (unpaired) electrons. The van der Waals surface area contributed by atoms with Crippen LogP contribution in [0.1, 0.15) is 33.9 Å². The number of methoxy groups -OCH3 is 1. The summed E-state index contributed by atoms with van der Waals surface area (Å²) in [6.45, 7) is 3.87. The summed E-state index contributed by atoms with van der Waals surface area (Å²) in [5.74, 6) is -1.28. The Bertz CT molecular complexity index is 923. The van der Waals surface area contributed by atoms with Gasteiger partial charge in [-0.1, -0.05) is 36.4 Å². The summed E-state index contributed by atoms with van der Waals surface area (Å²) < 4.78 is 44.2. The second kappa shape index (κ2) is 11.6. The molecule has 7 nitrogen and oxygen atoms in total. The maximum Gasteiger partial charge on any atom is 0.337 e. The molecular formula is C23H29FN3O4S-. The van der Waals surface area contributed by atoms with E-state index in [9.17, 15) is 17.9 Å². The Morgan fingerprint density at radius 2 is 1.88 bits per heavy atom. The van der Waals surface area contributed by atoms with Crippen molar-refractivity contribution >= 4 is 17.2 Å². The van der Waals surface area contributed by atoms with Gasteiger partial charge in [0.25, 0.3) is 0 Å². The van der Waals surface area contributed by atoms with Gasteiger partial charge in [0.15, 0.2) is 0 Å². The van der Waals surface area contributed by atoms with Crippen molar-refractivity contribution in [1.29, 1.82) is 0 Å². The Morgan fingerprint density at radius 1 is 1.19 bits per heavy atom. The smallest absolute Gasteiger partial charge is 0.337 e. The van der Waals surface area contributed by atoms with Crippen molar-refractivity contribution in [3.8, 4) is 0 Å². The minimum Gasteiger partial charge on any atom is -0.760 e. The van der Waals surface area contributed by atoms with Gasteiger partial charge >= 0.3 is 5.97 Å². The van der Waals surface area contributed by atoms with Crippen LogP contribution in [0, 0.1) is 5.82 Å². The lowest BCUT2D eigenvalue weighted by Crippen LogP contribution is -2.46. The number of halogens is 1. The normalized spacial score (nSPS) is 17.3. The van der Waals surface area contributed by atoms with Crippen molar-refractivity contribution in [1.82, 2.24) is 14.1 Å². The lowest BCUT2D eigenvalue weighted by molar-refractivity contribution is 0.0600. The average Bonchev–Trinajstić information content (AvgIpc) is 2.80. The van der Waals surface area contributed by atoms with E-state index < -0.39 is 23.1 Å². The molecule has 9 heteroatoms. The molecule has 174 valence electrons. The van der Waals surface area contributed by atoms with Crippen LogP contribution in [0.3, 0.4) is 0 Å². The Hall–Kier alpha value is -2.17. The molecule has 0 spiro atoms. The molecular weight excluding hydrogens is 433 g/mol. The minimum atomic E-state index is -2.51. The van der Waals surface area contributed by atoms with Gasteiger partial charge in [0, 0.05) is 62.1 Å². The predicted octanol–water partition coefficient (Wildman–Crippen LogP) is 2.59. The van der Waals surface area contributed by atoms with Gasteiger partial charge < -0.3 is 14.2 Å². The van der Waals surface area contributed by atoms with Crippen LogP contribution in [0.4, 0.5) is 4.39 Å². The molecule has 3 rings (SSSR count). The van der Waals surface area contributed by atoms with E-state index in [1.165, 1.54) is 23.5 Å². The summed E-state index contributed by atoms with van der Waals surface area (Å²) in [5.41, 5.74) is 1.43. The number of carbonyl (C=O) groups excluding carboxylic acids is 1. The molecule has 0 amide bonds. The molecule has 1 saturated heterocycles. The summed E-state index contributed by atoms with van der Waals surface area (Å²) >= 11 is -2.51. The fourth-order valence-corrected chi connectivity index (χ4v) is 4.45. The van der Waals surface area contributed by atoms with Crippen molar-refractivity contribution in [3.63, 3.8) is 0 Å². The van der Waals surface area contributed by atoms with Crippen LogP contribution < -0.4 is 0 Å². The first-order valence-corrected chi connectivity index (χ1v) is 11.6. The summed E-state index contributed by atoms with van der Waals surface area (Å²) in [4.78, 5) is 16.2. The number of rotatable bonds is 9. The van der Waals surface area contributed by atoms with Gasteiger partial charge in [-0.05, 0) is 31.2 Å². The molecule has 2 aromatic rings. The van der Waals surface area contributed by atoms with Gasteiger partial charge in [0.05, 0.1) is 12.7 Å². The van der Waals surface area contributed by atoms with Crippen LogP contribution in [0.15, 0.2) is 48.5 Å². The van der Waals surface area contributed by atoms with Gasteiger partial charge in [-0.2, -0.15) is 0 Å². The fourth-order valence-electron chi connectivity index (χ4n) is 3.95. The Balaban J connectivity index is 1.72. The Morgan fingerprint density at radius 3 is 2.47 bits per heavy atom. The van der Waals surface area contributed by atoms with Crippen molar-refractivity contribution in [2.75, 3.05) is 46.9 Å². The molecule has 0 bridgehead atoms. The van der Waals surface area contributed by atoms with Crippen molar-refractivity contribution < 1.29 is 22.7 Å². The first kappa shape index (κ1) is 24.5. The third-order valence-corrected chi connectivity index (χ3v) is 6.58. The summed E-state index contributed by atoms with van der Waals surface area (Å²) in [7, 11) is 3.32. The number of likely N-dealkylation sites (N-methyl/N-ethyl adjacent to an activating group) is 1. The van der Waals surface area contributed by atoms with Gasteiger partial charge in [-0.15, -0.1) is 0 Å². The second-order valence-electron chi connectivity index (χ2n) is 7.93. The van der Waals surface area contributed by atoms with Crippen molar-refractivity contribution in [3.05, 3.63) is 71.0 Å². The number of esters is 1. The van der Waals surface area contributed by atoms with E-state index in [0.29, 0.717) is 6.42 Å². The van der Waals surface area contributed by atoms with E-state index >= 15 is 0 Å². The number of hydrogen-bond acceptors (Lipinski definition) is 6. The number of nitrogens with zero attached hydrogens (tertiary/aromatic N) is 3. The highest BCUT2D eigenvalue weighted by Crippen LogP contribution is 2.26. The number of hydrogen-bond donors (Lipinski definition) is 0. The van der Waals surface area contributed by atoms with Crippen LogP contribution in [0.25, 0.3) is 0 Å². The zero-order valence-corrected chi connectivity index (χ0v) is 19.2. The van der Waals surface area contributed by atoms with Gasteiger partial charge in [-0.25, -0.2) is 13.5 Å². The molecule has 1 heterocycles. The van der Waals surface area contributed by atoms with Crippen LogP contribution >= 0.6 is 0 Å². The predicted molar refractivity (Wildman–Crippen MR) is 120 cm³/mol. The highest BCUT2D eigenvalue weighted by atomic mass is 32.2. The van der Waals surface area contributed by atoms with E-state index in [1.807, 2.05) is 18.2 Å². The molecule has 0 aliphatic carbocycles. The fraction of sp³-hybridized carbons (Fsp3) is 0.435. The number of carbonyl (C=O) groups is 1. The van der Waals surface area contributed by atoms with Crippen LogP contribution in [-0.4, -0.2) is 75.7 Å². The standard InChI is InChI=1S/C23H30FN3O4S/c1-25-12-14-26(15-13-25)22(18-6-4-3-5-7-18)10-11-27(32(29)30)17-20-9-8-19(16-21(20)24)23(28)31-2/h3-9,16,22H,10-15,17H2,1-2H3,(H,29,30)/p-1. The zero-order valence-electron chi connectivity index (χ0n) is 18.4. The molecule has 32 heavy (non-hydrogen) atoms. The Labute approximate surface area is 191 Å². The Kier molecular flexibility index (Phi) is 8.89. The van der Waals surface area contributed by atoms with Gasteiger partial charge in [0.2, 0.25) is 0 Å². The summed E-state index contributed by atoms with van der Waals surface area (Å²) in [5, 5.41) is 0. The molecule has 1 aliphatic heterocycles. The molecule has 0 N–H and O–H groups in total. The molecule has 1 aliphatic rings. The molecule has 0 saturated carbocycles. The minimum absolute atomic E-state index is 0.0718. The number of ether oxygens (including phenoxy) is 1. The van der Waals surface area contributed by atoms with E-state index in [1.54, 1.807) is 0 Å². The molecule has 2 aromatic carbocycles. The lowest BCUT2D eigenvalue weighted by atomic mass is 10.0. The third kappa shape index (κ3) is 6.43. The van der Waals surface area contributed by atoms with E-state index in [4.69, 9.17) is 0 Å². The maximum atomic E-state index is 14.5. The number of piperazine rings is 1. The highest BCUT2D eigenvalue weighted by Gasteiger charge is 2.25. The second-order valence-corrected chi connectivity index (χ2v) is 8.88. The molecule has 2 unspecified atom stereocenters. The monoisotopic (exact) mass is 462 g/mol. The maximum absolute atomic E-state index is 14.5. The lowest BCUT2D eigenvalue weighted by Gasteiger charge is -2.39. The summed E-state index contributed by atoms with van der Waals surface area (Å²) in [6, 6.07) is 14.1. The van der Waals surface area contributed by atoms with Crippen LogP contribution in [-0.2, 0) is 22.5 Å². The van der Waals surface area contributed by atoms with E-state index in [0.717, 1.165) is 37.8 Å². The number of benzene rings is 2.